The predicted octanol–water partition coefficient (Wildman–Crippen LogP) is 3.32. The van der Waals surface area contributed by atoms with E-state index in [2.05, 4.69) is 22.1 Å². The minimum atomic E-state index is -0.632. The van der Waals surface area contributed by atoms with Gasteiger partial charge in [-0.15, -0.1) is 0 Å². The van der Waals surface area contributed by atoms with Gasteiger partial charge in [0.2, 0.25) is 0 Å². The number of carbonyl (C=O) groups is 1. The molecule has 1 heterocycles. The smallest absolute Gasteiger partial charge is 0.255 e. The Bertz CT molecular complexity index is 1400. The molecule has 4 aromatic rings. The van der Waals surface area contributed by atoms with Crippen LogP contribution < -0.4 is 10.1 Å². The molecule has 1 atom stereocenters. The Morgan fingerprint density at radius 2 is 1.85 bits per heavy atom. The molecular formula is C27H24N2O5. The zero-order valence-corrected chi connectivity index (χ0v) is 18.5. The maximum absolute atomic E-state index is 12.9. The molecule has 3 aromatic carbocycles. The molecule has 0 saturated carbocycles. The van der Waals surface area contributed by atoms with Gasteiger partial charge in [0.05, 0.1) is 30.9 Å². The highest BCUT2D eigenvalue weighted by molar-refractivity contribution is 5.98. The number of H-pyrrole nitrogens is 1. The summed E-state index contributed by atoms with van der Waals surface area (Å²) in [6.07, 6.45) is 2.23. The molecule has 0 bridgehead atoms. The third-order valence-electron chi connectivity index (χ3n) is 5.48. The van der Waals surface area contributed by atoms with Crippen molar-refractivity contribution < 1.29 is 24.9 Å². The third kappa shape index (κ3) is 4.82. The number of amides is 1. The zero-order valence-electron chi connectivity index (χ0n) is 18.5. The van der Waals surface area contributed by atoms with Gasteiger partial charge in [-0.05, 0) is 42.3 Å². The second-order valence-electron chi connectivity index (χ2n) is 7.76. The highest BCUT2D eigenvalue weighted by atomic mass is 16.5. The number of aromatic hydroxyl groups is 2. The molecule has 1 aromatic heterocycles. The van der Waals surface area contributed by atoms with Gasteiger partial charge in [-0.2, -0.15) is 0 Å². The Morgan fingerprint density at radius 3 is 2.65 bits per heavy atom. The molecule has 5 N–H and O–H groups in total. The number of phenols is 2. The first-order valence-corrected chi connectivity index (χ1v) is 10.7. The SMILES string of the molecule is COc1ccccc1C#Cc1cc(O)c(O)c(C(=O)N[C@@H](CO)Cc2c[nH]c3ccccc23)c1. The van der Waals surface area contributed by atoms with Crippen LogP contribution in [0.5, 0.6) is 17.2 Å². The largest absolute Gasteiger partial charge is 0.504 e. The van der Waals surface area contributed by atoms with Crippen LogP contribution in [0, 0.1) is 11.8 Å². The number of para-hydroxylation sites is 2. The van der Waals surface area contributed by atoms with Gasteiger partial charge in [-0.1, -0.05) is 42.2 Å². The summed E-state index contributed by atoms with van der Waals surface area (Å²) in [5.74, 6) is 4.79. The minimum Gasteiger partial charge on any atom is -0.504 e. The van der Waals surface area contributed by atoms with E-state index in [-0.39, 0.29) is 12.2 Å². The number of hydrogen-bond donors (Lipinski definition) is 5. The van der Waals surface area contributed by atoms with Gasteiger partial charge in [0.25, 0.3) is 5.91 Å². The highest BCUT2D eigenvalue weighted by Gasteiger charge is 2.20. The van der Waals surface area contributed by atoms with E-state index in [1.54, 1.807) is 19.2 Å². The number of ether oxygens (including phenoxy) is 1. The van der Waals surface area contributed by atoms with Crippen LogP contribution in [0.4, 0.5) is 0 Å². The summed E-state index contributed by atoms with van der Waals surface area (Å²) >= 11 is 0. The Kier molecular flexibility index (Phi) is 6.72. The lowest BCUT2D eigenvalue weighted by Gasteiger charge is -2.17. The molecular weight excluding hydrogens is 432 g/mol. The number of carbonyl (C=O) groups excluding carboxylic acids is 1. The van der Waals surface area contributed by atoms with Crippen LogP contribution in [0.25, 0.3) is 10.9 Å². The van der Waals surface area contributed by atoms with E-state index in [4.69, 9.17) is 4.74 Å². The van der Waals surface area contributed by atoms with Crippen molar-refractivity contribution in [2.24, 2.45) is 0 Å². The van der Waals surface area contributed by atoms with Crippen LogP contribution in [-0.4, -0.2) is 46.0 Å². The summed E-state index contributed by atoms with van der Waals surface area (Å²) in [5.41, 5.74) is 2.75. The molecule has 7 heteroatoms. The minimum absolute atomic E-state index is 0.137. The molecule has 0 spiro atoms. The van der Waals surface area contributed by atoms with E-state index in [1.807, 2.05) is 42.6 Å². The van der Waals surface area contributed by atoms with E-state index in [9.17, 15) is 20.1 Å². The van der Waals surface area contributed by atoms with Gasteiger partial charge in [0.1, 0.15) is 5.75 Å². The first-order valence-electron chi connectivity index (χ1n) is 10.7. The molecule has 0 fully saturated rings. The summed E-state index contributed by atoms with van der Waals surface area (Å²) in [4.78, 5) is 16.1. The number of aromatic amines is 1. The zero-order chi connectivity index (χ0) is 24.1. The van der Waals surface area contributed by atoms with Crippen molar-refractivity contribution in [3.63, 3.8) is 0 Å². The van der Waals surface area contributed by atoms with E-state index < -0.39 is 23.4 Å². The monoisotopic (exact) mass is 456 g/mol. The molecule has 7 nitrogen and oxygen atoms in total. The van der Waals surface area contributed by atoms with Gasteiger partial charge in [0, 0.05) is 22.7 Å². The van der Waals surface area contributed by atoms with Gasteiger partial charge in [-0.25, -0.2) is 0 Å². The van der Waals surface area contributed by atoms with Crippen LogP contribution in [-0.2, 0) is 6.42 Å². The topological polar surface area (TPSA) is 115 Å². The first-order chi connectivity index (χ1) is 16.5. The number of fused-ring (bicyclic) bond motifs is 1. The van der Waals surface area contributed by atoms with Crippen molar-refractivity contribution in [3.05, 3.63) is 89.1 Å². The summed E-state index contributed by atoms with van der Waals surface area (Å²) in [6.45, 7) is -0.300. The molecule has 0 aliphatic carbocycles. The summed E-state index contributed by atoms with van der Waals surface area (Å²) in [7, 11) is 1.54. The number of benzene rings is 3. The normalized spacial score (nSPS) is 11.5. The van der Waals surface area contributed by atoms with Gasteiger partial charge < -0.3 is 30.4 Å². The Hall–Kier alpha value is -4.41. The number of phenolic OH excluding ortho intramolecular Hbond substituents is 2. The standard InChI is InChI=1S/C27H24N2O5/c1-34-25-9-5-2-6-18(25)11-10-17-12-22(26(32)24(31)13-17)27(33)29-20(16-30)14-19-15-28-23-8-4-3-7-21(19)23/h2-9,12-13,15,20,28,30-32H,14,16H2,1H3,(H,29,33)/t20-/m1/s1. The van der Waals surface area contributed by atoms with Gasteiger partial charge in [0.15, 0.2) is 11.5 Å². The number of rotatable bonds is 6. The Labute approximate surface area is 196 Å². The molecule has 0 radical (unpaired) electrons. The lowest BCUT2D eigenvalue weighted by molar-refractivity contribution is 0.0913. The second kappa shape index (κ2) is 10.0. The van der Waals surface area contributed by atoms with Crippen molar-refractivity contribution >= 4 is 16.8 Å². The van der Waals surface area contributed by atoms with E-state index in [0.29, 0.717) is 23.3 Å². The first kappa shape index (κ1) is 22.8. The van der Waals surface area contributed by atoms with Gasteiger partial charge in [-0.3, -0.25) is 4.79 Å². The quantitative estimate of drug-likeness (QED) is 0.226. The van der Waals surface area contributed by atoms with Gasteiger partial charge >= 0.3 is 0 Å². The molecule has 34 heavy (non-hydrogen) atoms. The van der Waals surface area contributed by atoms with Crippen molar-refractivity contribution in [2.75, 3.05) is 13.7 Å². The van der Waals surface area contributed by atoms with Crippen LogP contribution in [0.1, 0.15) is 27.0 Å². The lowest BCUT2D eigenvalue weighted by atomic mass is 10.0. The average Bonchev–Trinajstić information content (AvgIpc) is 3.27. The third-order valence-corrected chi connectivity index (χ3v) is 5.48. The van der Waals surface area contributed by atoms with Crippen molar-refractivity contribution in [1.29, 1.82) is 0 Å². The summed E-state index contributed by atoms with van der Waals surface area (Å²) in [6, 6.07) is 17.0. The maximum Gasteiger partial charge on any atom is 0.255 e. The number of nitrogens with one attached hydrogen (secondary N) is 2. The fourth-order valence-corrected chi connectivity index (χ4v) is 3.74. The molecule has 172 valence electrons. The van der Waals surface area contributed by atoms with Crippen LogP contribution in [0.2, 0.25) is 0 Å². The lowest BCUT2D eigenvalue weighted by Crippen LogP contribution is -2.39. The molecule has 0 saturated heterocycles. The van der Waals surface area contributed by atoms with Crippen LogP contribution >= 0.6 is 0 Å². The van der Waals surface area contributed by atoms with Crippen LogP contribution in [0.3, 0.4) is 0 Å². The van der Waals surface area contributed by atoms with E-state index in [1.165, 1.54) is 12.1 Å². The summed E-state index contributed by atoms with van der Waals surface area (Å²) < 4.78 is 5.28. The van der Waals surface area contributed by atoms with E-state index >= 15 is 0 Å². The van der Waals surface area contributed by atoms with Crippen molar-refractivity contribution in [2.45, 2.75) is 12.5 Å². The molecule has 4 rings (SSSR count). The number of aromatic nitrogens is 1. The number of aliphatic hydroxyl groups is 1. The average molecular weight is 456 g/mol. The summed E-state index contributed by atoms with van der Waals surface area (Å²) in [5, 5.41) is 34.1. The number of hydrogen-bond acceptors (Lipinski definition) is 5. The van der Waals surface area contributed by atoms with E-state index in [0.717, 1.165) is 16.5 Å². The van der Waals surface area contributed by atoms with Crippen molar-refractivity contribution in [3.8, 4) is 29.1 Å². The molecule has 1 amide bonds. The van der Waals surface area contributed by atoms with Crippen LogP contribution in [0.15, 0.2) is 66.9 Å². The maximum atomic E-state index is 12.9. The molecule has 0 unspecified atom stereocenters. The fraction of sp³-hybridized carbons (Fsp3) is 0.148. The fourth-order valence-electron chi connectivity index (χ4n) is 3.74. The Morgan fingerprint density at radius 1 is 1.09 bits per heavy atom. The number of aliphatic hydroxyl groups excluding tert-OH is 1. The molecule has 0 aliphatic rings. The Balaban J connectivity index is 1.56. The number of methoxy groups -OCH3 is 1. The second-order valence-corrected chi connectivity index (χ2v) is 7.76. The van der Waals surface area contributed by atoms with Crippen molar-refractivity contribution in [1.82, 2.24) is 10.3 Å². The molecule has 0 aliphatic heterocycles. The predicted molar refractivity (Wildman–Crippen MR) is 129 cm³/mol. The highest BCUT2D eigenvalue weighted by Crippen LogP contribution is 2.30.